The molecule has 2 aliphatic rings. The third-order valence-corrected chi connectivity index (χ3v) is 2.93. The molecule has 0 saturated heterocycles. The molecule has 0 amide bonds. The molecule has 3 rings (SSSR count). The van der Waals surface area contributed by atoms with Crippen molar-refractivity contribution in [3.8, 4) is 11.4 Å². The summed E-state index contributed by atoms with van der Waals surface area (Å²) in [4.78, 5) is 21.7. The number of H-pyrrole nitrogens is 2. The van der Waals surface area contributed by atoms with Crippen molar-refractivity contribution in [2.45, 2.75) is 0 Å². The van der Waals surface area contributed by atoms with Gasteiger partial charge in [-0.25, -0.2) is 4.98 Å². The highest BCUT2D eigenvalue weighted by Gasteiger charge is 2.10. The summed E-state index contributed by atoms with van der Waals surface area (Å²) in [6.07, 6.45) is 5.53. The van der Waals surface area contributed by atoms with Crippen LogP contribution < -0.4 is 16.3 Å². The zero-order valence-corrected chi connectivity index (χ0v) is 9.90. The molecule has 5 nitrogen and oxygen atoms in total. The second-order valence-corrected chi connectivity index (χ2v) is 4.17. The molecule has 0 spiro atoms. The molecule has 3 heterocycles. The Labute approximate surface area is 102 Å². The summed E-state index contributed by atoms with van der Waals surface area (Å²) in [5.41, 5.74) is 2.12. The molecule has 0 bridgehead atoms. The van der Waals surface area contributed by atoms with Crippen molar-refractivity contribution in [2.24, 2.45) is 7.05 Å². The van der Waals surface area contributed by atoms with Crippen molar-refractivity contribution in [2.75, 3.05) is 0 Å². The van der Waals surface area contributed by atoms with Crippen molar-refractivity contribution in [1.29, 1.82) is 0 Å². The number of hydrogen-bond donors (Lipinski definition) is 2. The molecule has 0 atom stereocenters. The maximum Gasteiger partial charge on any atom is 0.257 e. The molecule has 0 fully saturated rings. The van der Waals surface area contributed by atoms with E-state index in [1.807, 2.05) is 36.0 Å². The van der Waals surface area contributed by atoms with E-state index in [9.17, 15) is 4.79 Å². The van der Waals surface area contributed by atoms with Gasteiger partial charge >= 0.3 is 0 Å². The van der Waals surface area contributed by atoms with Crippen LogP contribution in [-0.4, -0.2) is 19.5 Å². The van der Waals surface area contributed by atoms with E-state index in [2.05, 4.69) is 21.5 Å². The number of fused-ring (bicyclic) bond motifs is 1. The van der Waals surface area contributed by atoms with Crippen LogP contribution in [0, 0.1) is 0 Å². The Bertz CT molecular complexity index is 837. The van der Waals surface area contributed by atoms with E-state index < -0.39 is 0 Å². The maximum absolute atomic E-state index is 11.9. The van der Waals surface area contributed by atoms with E-state index in [-0.39, 0.29) is 5.56 Å². The highest BCUT2D eigenvalue weighted by molar-refractivity contribution is 5.61. The molecule has 5 heteroatoms. The lowest BCUT2D eigenvalue weighted by molar-refractivity contribution is 0.914. The van der Waals surface area contributed by atoms with Crippen LogP contribution in [0.5, 0.6) is 0 Å². The number of aryl methyl sites for hydroxylation is 1. The zero-order chi connectivity index (χ0) is 12.7. The van der Waals surface area contributed by atoms with Gasteiger partial charge < -0.3 is 14.5 Å². The quantitative estimate of drug-likeness (QED) is 0.617. The summed E-state index contributed by atoms with van der Waals surface area (Å²) in [6.45, 7) is 3.70. The van der Waals surface area contributed by atoms with Crippen molar-refractivity contribution in [3.05, 3.63) is 51.3 Å². The molecule has 0 radical (unpaired) electrons. The van der Waals surface area contributed by atoms with E-state index >= 15 is 0 Å². The average molecular weight is 240 g/mol. The van der Waals surface area contributed by atoms with Gasteiger partial charge in [0.15, 0.2) is 0 Å². The van der Waals surface area contributed by atoms with Gasteiger partial charge in [0, 0.05) is 30.7 Å². The van der Waals surface area contributed by atoms with Gasteiger partial charge in [0.25, 0.3) is 5.56 Å². The fourth-order valence-electron chi connectivity index (χ4n) is 1.96. The summed E-state index contributed by atoms with van der Waals surface area (Å²) >= 11 is 0. The molecule has 1 aromatic rings. The SMILES string of the molecule is C=c1nc2[nH]c(=O)c(=Cc3cccn3C)c-2c[nH]1. The van der Waals surface area contributed by atoms with Gasteiger partial charge in [-0.2, -0.15) is 0 Å². The standard InChI is InChI=1S/C13H12N4O/c1-8-14-7-11-10(13(18)16-12(11)15-8)6-9-4-3-5-17(9)2/h3-7,14H,1H2,2H3,(H,15,16,18). The third kappa shape index (κ3) is 1.57. The first-order valence-corrected chi connectivity index (χ1v) is 5.54. The molecule has 90 valence electrons. The van der Waals surface area contributed by atoms with Crippen LogP contribution in [0.25, 0.3) is 24.0 Å². The monoisotopic (exact) mass is 240 g/mol. The molecule has 0 aromatic carbocycles. The van der Waals surface area contributed by atoms with Crippen LogP contribution in [0.3, 0.4) is 0 Å². The Morgan fingerprint density at radius 1 is 1.50 bits per heavy atom. The van der Waals surface area contributed by atoms with Crippen molar-refractivity contribution in [3.63, 3.8) is 0 Å². The molecular weight excluding hydrogens is 228 g/mol. The molecule has 2 N–H and O–H groups in total. The molecular formula is C13H12N4O. The first-order chi connectivity index (χ1) is 8.65. The summed E-state index contributed by atoms with van der Waals surface area (Å²) < 4.78 is 1.95. The second-order valence-electron chi connectivity index (χ2n) is 4.17. The van der Waals surface area contributed by atoms with E-state index in [1.165, 1.54) is 0 Å². The van der Waals surface area contributed by atoms with Gasteiger partial charge in [-0.05, 0) is 18.2 Å². The minimum Gasteiger partial charge on any atom is -0.351 e. The smallest absolute Gasteiger partial charge is 0.257 e. The third-order valence-electron chi connectivity index (χ3n) is 2.93. The van der Waals surface area contributed by atoms with Gasteiger partial charge in [-0.3, -0.25) is 4.79 Å². The first-order valence-electron chi connectivity index (χ1n) is 5.54. The minimum absolute atomic E-state index is 0.141. The number of rotatable bonds is 1. The van der Waals surface area contributed by atoms with Crippen LogP contribution in [0.15, 0.2) is 29.3 Å². The van der Waals surface area contributed by atoms with E-state index in [1.54, 1.807) is 6.20 Å². The largest absolute Gasteiger partial charge is 0.351 e. The predicted octanol–water partition coefficient (Wildman–Crippen LogP) is -0.220. The van der Waals surface area contributed by atoms with Crippen LogP contribution in [0.2, 0.25) is 0 Å². The predicted molar refractivity (Wildman–Crippen MR) is 69.6 cm³/mol. The summed E-state index contributed by atoms with van der Waals surface area (Å²) in [6, 6.07) is 3.88. The molecule has 18 heavy (non-hydrogen) atoms. The Morgan fingerprint density at radius 3 is 3.06 bits per heavy atom. The van der Waals surface area contributed by atoms with Crippen molar-refractivity contribution < 1.29 is 0 Å². The van der Waals surface area contributed by atoms with Crippen molar-refractivity contribution in [1.82, 2.24) is 19.5 Å². The highest BCUT2D eigenvalue weighted by Crippen LogP contribution is 2.06. The summed E-state index contributed by atoms with van der Waals surface area (Å²) in [5.74, 6) is 0.559. The van der Waals surface area contributed by atoms with Gasteiger partial charge in [-0.15, -0.1) is 0 Å². The molecule has 0 saturated carbocycles. The van der Waals surface area contributed by atoms with Gasteiger partial charge in [0.1, 0.15) is 11.3 Å². The lowest BCUT2D eigenvalue weighted by atomic mass is 10.2. The minimum atomic E-state index is -0.141. The Kier molecular flexibility index (Phi) is 2.19. The molecule has 1 aromatic heterocycles. The topological polar surface area (TPSA) is 66.5 Å². The summed E-state index contributed by atoms with van der Waals surface area (Å²) in [5, 5.41) is 0.607. The van der Waals surface area contributed by atoms with E-state index in [0.717, 1.165) is 11.3 Å². The van der Waals surface area contributed by atoms with Crippen LogP contribution in [-0.2, 0) is 7.05 Å². The van der Waals surface area contributed by atoms with Gasteiger partial charge in [-0.1, -0.05) is 6.58 Å². The second kappa shape index (κ2) is 3.73. The zero-order valence-electron chi connectivity index (χ0n) is 9.90. The molecule has 2 aliphatic heterocycles. The van der Waals surface area contributed by atoms with Crippen LogP contribution in [0.1, 0.15) is 5.69 Å². The Balaban J connectivity index is 2.34. The number of nitrogens with one attached hydrogen (secondary N) is 2. The number of hydrogen-bond acceptors (Lipinski definition) is 2. The van der Waals surface area contributed by atoms with Gasteiger partial charge in [0.2, 0.25) is 0 Å². The summed E-state index contributed by atoms with van der Waals surface area (Å²) in [7, 11) is 1.93. The molecule has 0 unspecified atom stereocenters. The average Bonchev–Trinajstić information content (AvgIpc) is 2.85. The number of aromatic nitrogens is 4. The Hall–Kier alpha value is -2.56. The van der Waals surface area contributed by atoms with Gasteiger partial charge in [0.05, 0.1) is 5.22 Å². The molecule has 0 aliphatic carbocycles. The highest BCUT2D eigenvalue weighted by atomic mass is 16.1. The number of nitrogens with zero attached hydrogens (tertiary/aromatic N) is 2. The van der Waals surface area contributed by atoms with Crippen LogP contribution in [0.4, 0.5) is 0 Å². The normalized spacial score (nSPS) is 12.4. The fourth-order valence-corrected chi connectivity index (χ4v) is 1.96. The number of aromatic amines is 2. The lowest BCUT2D eigenvalue weighted by Gasteiger charge is -1.97. The van der Waals surface area contributed by atoms with Crippen molar-refractivity contribution >= 4 is 12.7 Å². The fraction of sp³-hybridized carbons (Fsp3) is 0.0769. The van der Waals surface area contributed by atoms with Crippen LogP contribution >= 0.6 is 0 Å². The lowest BCUT2D eigenvalue weighted by Crippen LogP contribution is -2.22. The first kappa shape index (κ1) is 10.6. The maximum atomic E-state index is 11.9. The van der Waals surface area contributed by atoms with E-state index in [4.69, 9.17) is 0 Å². The Morgan fingerprint density at radius 2 is 2.33 bits per heavy atom. The van der Waals surface area contributed by atoms with E-state index in [0.29, 0.717) is 16.5 Å².